The van der Waals surface area contributed by atoms with Gasteiger partial charge in [0.2, 0.25) is 0 Å². The summed E-state index contributed by atoms with van der Waals surface area (Å²) in [6, 6.07) is 21.0. The van der Waals surface area contributed by atoms with Crippen molar-refractivity contribution in [1.29, 1.82) is 0 Å². The fourth-order valence-electron chi connectivity index (χ4n) is 5.27. The molecule has 3 N–H and O–H groups in total. The Hall–Kier alpha value is -4.60. The number of hydrogen-bond donors (Lipinski definition) is 3. The van der Waals surface area contributed by atoms with E-state index in [1.807, 2.05) is 66.9 Å². The molecule has 0 saturated heterocycles. The van der Waals surface area contributed by atoms with Crippen molar-refractivity contribution in [1.82, 2.24) is 14.5 Å². The molecule has 1 amide bonds. The van der Waals surface area contributed by atoms with Gasteiger partial charge in [0.15, 0.2) is 0 Å². The number of aliphatic hydroxyl groups excluding tert-OH is 2. The van der Waals surface area contributed by atoms with E-state index < -0.39 is 30.4 Å². The zero-order valence-electron chi connectivity index (χ0n) is 25.1. The molecule has 0 fully saturated rings. The quantitative estimate of drug-likeness (QED) is 0.178. The van der Waals surface area contributed by atoms with E-state index in [2.05, 4.69) is 4.98 Å². The molecule has 2 heterocycles. The van der Waals surface area contributed by atoms with E-state index in [4.69, 9.17) is 5.11 Å². The Labute approximate surface area is 256 Å². The second kappa shape index (κ2) is 14.7. The number of halogens is 1. The molecular formula is C35H38FN3O5. The van der Waals surface area contributed by atoms with Gasteiger partial charge in [0.25, 0.3) is 5.91 Å². The lowest BCUT2D eigenvalue weighted by atomic mass is 9.94. The molecule has 0 unspecified atom stereocenters. The van der Waals surface area contributed by atoms with Crippen LogP contribution >= 0.6 is 0 Å². The Balaban J connectivity index is 1.90. The summed E-state index contributed by atoms with van der Waals surface area (Å²) < 4.78 is 16.0. The molecule has 230 valence electrons. The summed E-state index contributed by atoms with van der Waals surface area (Å²) in [5.41, 5.74) is 4.73. The van der Waals surface area contributed by atoms with E-state index in [-0.39, 0.29) is 18.4 Å². The van der Waals surface area contributed by atoms with Gasteiger partial charge >= 0.3 is 5.97 Å². The van der Waals surface area contributed by atoms with Crippen molar-refractivity contribution in [3.05, 3.63) is 108 Å². The number of benzene rings is 2. The summed E-state index contributed by atoms with van der Waals surface area (Å²) >= 11 is 0. The normalized spacial score (nSPS) is 12.9. The lowest BCUT2D eigenvalue weighted by Crippen LogP contribution is -2.31. The summed E-state index contributed by atoms with van der Waals surface area (Å²) in [5, 5.41) is 29.8. The molecule has 2 atom stereocenters. The van der Waals surface area contributed by atoms with Crippen molar-refractivity contribution < 1.29 is 29.3 Å². The summed E-state index contributed by atoms with van der Waals surface area (Å²) in [5.74, 6) is -1.78. The Morgan fingerprint density at radius 1 is 0.955 bits per heavy atom. The van der Waals surface area contributed by atoms with Gasteiger partial charge in [-0.1, -0.05) is 54.6 Å². The maximum absolute atomic E-state index is 14.4. The number of pyridine rings is 1. The average molecular weight is 600 g/mol. The van der Waals surface area contributed by atoms with Crippen molar-refractivity contribution in [2.45, 2.75) is 51.4 Å². The maximum Gasteiger partial charge on any atom is 0.305 e. The first kappa shape index (κ1) is 32.3. The maximum atomic E-state index is 14.4. The minimum atomic E-state index is -1.23. The van der Waals surface area contributed by atoms with Crippen LogP contribution in [-0.2, 0) is 11.2 Å². The van der Waals surface area contributed by atoms with Crippen LogP contribution in [0.25, 0.3) is 28.3 Å². The van der Waals surface area contributed by atoms with Crippen LogP contribution in [0.4, 0.5) is 4.39 Å². The highest BCUT2D eigenvalue weighted by molar-refractivity contribution is 6.06. The molecule has 4 rings (SSSR count). The lowest BCUT2D eigenvalue weighted by Gasteiger charge is -2.22. The number of nitrogens with zero attached hydrogens (tertiary/aromatic N) is 3. The van der Waals surface area contributed by atoms with Crippen molar-refractivity contribution in [3.63, 3.8) is 0 Å². The summed E-state index contributed by atoms with van der Waals surface area (Å²) in [4.78, 5) is 31.4. The van der Waals surface area contributed by atoms with E-state index >= 15 is 0 Å². The predicted molar refractivity (Wildman–Crippen MR) is 168 cm³/mol. The fourth-order valence-corrected chi connectivity index (χ4v) is 5.27. The highest BCUT2D eigenvalue weighted by Gasteiger charge is 2.31. The number of carbonyl (C=O) groups excluding carboxylic acids is 1. The molecule has 2 aromatic heterocycles. The van der Waals surface area contributed by atoms with Gasteiger partial charge in [-0.25, -0.2) is 4.39 Å². The topological polar surface area (TPSA) is 116 Å². The molecule has 44 heavy (non-hydrogen) atoms. The summed E-state index contributed by atoms with van der Waals surface area (Å²) in [6.45, 7) is 4.33. The van der Waals surface area contributed by atoms with Crippen LogP contribution in [0.2, 0.25) is 0 Å². The molecule has 0 saturated carbocycles. The number of aromatic nitrogens is 2. The van der Waals surface area contributed by atoms with Gasteiger partial charge in [-0.3, -0.25) is 14.6 Å². The third-order valence-corrected chi connectivity index (χ3v) is 7.33. The van der Waals surface area contributed by atoms with Crippen LogP contribution in [-0.4, -0.2) is 67.4 Å². The number of aliphatic carboxylic acids is 1. The molecule has 9 heteroatoms. The number of hydrogen-bond acceptors (Lipinski definition) is 5. The van der Waals surface area contributed by atoms with Gasteiger partial charge in [-0.2, -0.15) is 0 Å². The van der Waals surface area contributed by atoms with Gasteiger partial charge in [0.05, 0.1) is 18.6 Å². The Kier molecular flexibility index (Phi) is 10.8. The first-order valence-corrected chi connectivity index (χ1v) is 14.6. The molecule has 0 aliphatic carbocycles. The van der Waals surface area contributed by atoms with Crippen molar-refractivity contribution >= 4 is 18.0 Å². The van der Waals surface area contributed by atoms with E-state index in [1.165, 1.54) is 18.2 Å². The average Bonchev–Trinajstić information content (AvgIpc) is 3.34. The molecule has 0 radical (unpaired) electrons. The van der Waals surface area contributed by atoms with Crippen LogP contribution in [0, 0.1) is 5.82 Å². The number of likely N-dealkylation sites (N-methyl/N-ethyl adjacent to an activating group) is 1. The molecule has 0 aliphatic heterocycles. The molecule has 0 spiro atoms. The van der Waals surface area contributed by atoms with Crippen LogP contribution in [0.5, 0.6) is 0 Å². The number of amides is 1. The van der Waals surface area contributed by atoms with E-state index in [0.717, 1.165) is 11.3 Å². The predicted octanol–water partition coefficient (Wildman–Crippen LogP) is 5.85. The van der Waals surface area contributed by atoms with Crippen LogP contribution in [0.3, 0.4) is 0 Å². The van der Waals surface area contributed by atoms with Crippen molar-refractivity contribution in [3.8, 4) is 22.3 Å². The largest absolute Gasteiger partial charge is 0.481 e. The summed E-state index contributed by atoms with van der Waals surface area (Å²) in [7, 11) is 1.75. The van der Waals surface area contributed by atoms with Gasteiger partial charge < -0.3 is 24.8 Å². The van der Waals surface area contributed by atoms with Crippen molar-refractivity contribution in [2.24, 2.45) is 0 Å². The number of carboxylic acid groups (broad SMARTS) is 1. The highest BCUT2D eigenvalue weighted by Crippen LogP contribution is 2.43. The van der Waals surface area contributed by atoms with Crippen molar-refractivity contribution in [2.75, 3.05) is 13.6 Å². The molecular weight excluding hydrogens is 561 g/mol. The first-order valence-electron chi connectivity index (χ1n) is 14.6. The van der Waals surface area contributed by atoms with Gasteiger partial charge in [0.1, 0.15) is 11.5 Å². The Morgan fingerprint density at radius 3 is 2.23 bits per heavy atom. The van der Waals surface area contributed by atoms with E-state index in [1.54, 1.807) is 36.4 Å². The minimum absolute atomic E-state index is 0.176. The summed E-state index contributed by atoms with van der Waals surface area (Å²) in [6.07, 6.45) is 2.41. The highest BCUT2D eigenvalue weighted by atomic mass is 19.1. The smallest absolute Gasteiger partial charge is 0.305 e. The monoisotopic (exact) mass is 599 g/mol. The standard InChI is InChI=1S/C35H38FN3O5/c1-23(2)39-30(17-16-28(40)21-29(41)22-31(42)43)32(25-12-14-26(36)15-13-25)33(24-9-5-4-6-10-24)34(39)35(44)38(3)20-18-27-11-7-8-19-37-27/h4-17,19,23,28-29,40-41H,18,20-22H2,1-3H3,(H,42,43)/b17-16+/t28-,29-/m1/s1. The first-order chi connectivity index (χ1) is 21.1. The van der Waals surface area contributed by atoms with Gasteiger partial charge in [0, 0.05) is 61.2 Å². The molecule has 0 aliphatic rings. The van der Waals surface area contributed by atoms with Crippen LogP contribution in [0.1, 0.15) is 54.6 Å². The number of carbonyl (C=O) groups is 2. The second-order valence-corrected chi connectivity index (χ2v) is 11.0. The zero-order chi connectivity index (χ0) is 31.8. The van der Waals surface area contributed by atoms with Crippen LogP contribution < -0.4 is 0 Å². The third kappa shape index (κ3) is 7.86. The molecule has 4 aromatic rings. The lowest BCUT2D eigenvalue weighted by molar-refractivity contribution is -0.139. The zero-order valence-corrected chi connectivity index (χ0v) is 25.1. The van der Waals surface area contributed by atoms with E-state index in [0.29, 0.717) is 41.0 Å². The number of aliphatic hydroxyl groups is 2. The van der Waals surface area contributed by atoms with E-state index in [9.17, 15) is 24.2 Å². The SMILES string of the molecule is CC(C)n1c(/C=C/[C@@H](O)C[C@@H](O)CC(=O)O)c(-c2ccc(F)cc2)c(-c2ccccc2)c1C(=O)N(C)CCc1ccccn1. The molecule has 0 bridgehead atoms. The third-order valence-electron chi connectivity index (χ3n) is 7.33. The minimum Gasteiger partial charge on any atom is -0.481 e. The second-order valence-electron chi connectivity index (χ2n) is 11.0. The van der Waals surface area contributed by atoms with Gasteiger partial charge in [-0.05, 0) is 55.3 Å². The van der Waals surface area contributed by atoms with Crippen LogP contribution in [0.15, 0.2) is 85.1 Å². The Morgan fingerprint density at radius 2 is 1.61 bits per heavy atom. The Bertz CT molecular complexity index is 1580. The molecule has 2 aromatic carbocycles. The van der Waals surface area contributed by atoms with Gasteiger partial charge in [-0.15, -0.1) is 0 Å². The number of carboxylic acids is 1. The fraction of sp³-hybridized carbons (Fsp3) is 0.286. The molecule has 8 nitrogen and oxygen atoms in total. The number of rotatable bonds is 13.